The Morgan fingerprint density at radius 1 is 0.915 bits per heavy atom. The third kappa shape index (κ3) is 14.4. The summed E-state index contributed by atoms with van der Waals surface area (Å²) in [5, 5.41) is 13.5. The summed E-state index contributed by atoms with van der Waals surface area (Å²) >= 11 is 0. The Kier molecular flexibility index (Phi) is 18.8. The number of hydrogen-bond acceptors (Lipinski definition) is 5. The van der Waals surface area contributed by atoms with E-state index in [0.717, 1.165) is 64.9 Å². The zero-order chi connectivity index (χ0) is 35.4. The van der Waals surface area contributed by atoms with Crippen LogP contribution in [0.15, 0.2) is 97.7 Å². The number of aryl methyl sites for hydroxylation is 1. The highest BCUT2D eigenvalue weighted by molar-refractivity contribution is 5.97. The molecular formula is C41H62N6. The molecule has 4 N–H and O–H groups in total. The van der Waals surface area contributed by atoms with Gasteiger partial charge < -0.3 is 26.2 Å². The van der Waals surface area contributed by atoms with Crippen LogP contribution in [0.4, 0.5) is 11.4 Å². The first-order valence-electron chi connectivity index (χ1n) is 16.9. The molecule has 1 aliphatic heterocycles. The zero-order valence-corrected chi connectivity index (χ0v) is 31.0. The number of likely N-dealkylation sites (N-methyl/N-ethyl adjacent to an activating group) is 1. The first kappa shape index (κ1) is 40.9. The van der Waals surface area contributed by atoms with Crippen molar-refractivity contribution in [3.63, 3.8) is 0 Å². The third-order valence-corrected chi connectivity index (χ3v) is 7.44. The van der Waals surface area contributed by atoms with E-state index in [2.05, 4.69) is 161 Å². The van der Waals surface area contributed by atoms with Crippen LogP contribution in [0.3, 0.4) is 0 Å². The highest BCUT2D eigenvalue weighted by atomic mass is 15.2. The largest absolute Gasteiger partial charge is 0.389 e. The van der Waals surface area contributed by atoms with Crippen molar-refractivity contribution in [3.05, 3.63) is 120 Å². The number of piperazine rings is 1. The van der Waals surface area contributed by atoms with Crippen LogP contribution in [0.1, 0.15) is 76.3 Å². The second-order valence-corrected chi connectivity index (χ2v) is 12.2. The number of hydrogen-bond donors (Lipinski definition) is 4. The van der Waals surface area contributed by atoms with Crippen molar-refractivity contribution in [2.45, 2.75) is 67.7 Å². The summed E-state index contributed by atoms with van der Waals surface area (Å²) in [7, 11) is 2.15. The Labute approximate surface area is 287 Å². The van der Waals surface area contributed by atoms with Gasteiger partial charge in [0.25, 0.3) is 0 Å². The summed E-state index contributed by atoms with van der Waals surface area (Å²) in [6.45, 7) is 34.8. The molecule has 3 aromatic carbocycles. The van der Waals surface area contributed by atoms with Crippen molar-refractivity contribution in [2.75, 3.05) is 50.4 Å². The van der Waals surface area contributed by atoms with Crippen molar-refractivity contribution < 1.29 is 0 Å². The van der Waals surface area contributed by atoms with Crippen LogP contribution in [-0.4, -0.2) is 50.5 Å². The Balaban J connectivity index is 0.000000863. The van der Waals surface area contributed by atoms with E-state index in [1.54, 1.807) is 0 Å². The van der Waals surface area contributed by atoms with Crippen molar-refractivity contribution >= 4 is 28.6 Å². The fourth-order valence-electron chi connectivity index (χ4n) is 4.65. The molecule has 4 rings (SSSR count). The normalized spacial score (nSPS) is 13.4. The first-order valence-corrected chi connectivity index (χ1v) is 16.9. The van der Waals surface area contributed by atoms with Gasteiger partial charge in [0, 0.05) is 61.6 Å². The number of amidine groups is 1. The lowest BCUT2D eigenvalue weighted by Crippen LogP contribution is -2.40. The number of benzene rings is 3. The van der Waals surface area contributed by atoms with Gasteiger partial charge in [0.1, 0.15) is 5.84 Å². The van der Waals surface area contributed by atoms with E-state index >= 15 is 0 Å². The second kappa shape index (κ2) is 21.6. The quantitative estimate of drug-likeness (QED) is 0.112. The molecule has 47 heavy (non-hydrogen) atoms. The maximum atomic E-state index is 4.93. The molecule has 0 radical (unpaired) electrons. The molecule has 0 saturated carbocycles. The minimum Gasteiger partial charge on any atom is -0.389 e. The molecule has 0 bridgehead atoms. The Morgan fingerprint density at radius 2 is 1.51 bits per heavy atom. The predicted molar refractivity (Wildman–Crippen MR) is 212 cm³/mol. The van der Waals surface area contributed by atoms with Gasteiger partial charge in [-0.05, 0) is 75.0 Å². The lowest BCUT2D eigenvalue weighted by molar-refractivity contribution is 0.291. The van der Waals surface area contributed by atoms with E-state index in [-0.39, 0.29) is 5.41 Å². The molecule has 3 aromatic rings. The average Bonchev–Trinajstić information content (AvgIpc) is 3.07. The van der Waals surface area contributed by atoms with Crippen LogP contribution in [-0.2, 0) is 5.41 Å². The number of nitrogens with zero attached hydrogens (tertiary/aromatic N) is 2. The van der Waals surface area contributed by atoms with Gasteiger partial charge in [0.05, 0.1) is 5.70 Å². The Bertz CT molecular complexity index is 1390. The fourth-order valence-corrected chi connectivity index (χ4v) is 4.65. The minimum absolute atomic E-state index is 0.125. The number of anilines is 2. The van der Waals surface area contributed by atoms with Crippen molar-refractivity contribution in [3.8, 4) is 0 Å². The Hall–Kier alpha value is -4.13. The van der Waals surface area contributed by atoms with Gasteiger partial charge in [-0.25, -0.2) is 4.99 Å². The van der Waals surface area contributed by atoms with Crippen molar-refractivity contribution in [1.29, 1.82) is 0 Å². The topological polar surface area (TPSA) is 63.7 Å². The lowest BCUT2D eigenvalue weighted by atomic mass is 9.86. The van der Waals surface area contributed by atoms with Crippen LogP contribution in [0.5, 0.6) is 0 Å². The molecule has 0 unspecified atom stereocenters. The van der Waals surface area contributed by atoms with Gasteiger partial charge in [0.15, 0.2) is 0 Å². The zero-order valence-electron chi connectivity index (χ0n) is 31.0. The van der Waals surface area contributed by atoms with Gasteiger partial charge in [-0.2, -0.15) is 0 Å². The molecule has 0 aromatic heterocycles. The Morgan fingerprint density at radius 3 is 2.02 bits per heavy atom. The summed E-state index contributed by atoms with van der Waals surface area (Å²) in [5.41, 5.74) is 9.68. The minimum atomic E-state index is 0.125. The smallest absolute Gasteiger partial charge is 0.104 e. The molecule has 256 valence electrons. The van der Waals surface area contributed by atoms with Crippen LogP contribution in [0.25, 0.3) is 11.4 Å². The summed E-state index contributed by atoms with van der Waals surface area (Å²) in [4.78, 5) is 7.26. The monoisotopic (exact) mass is 639 g/mol. The molecule has 6 nitrogen and oxygen atoms in total. The summed E-state index contributed by atoms with van der Waals surface area (Å²) in [6, 6.07) is 23.2. The maximum absolute atomic E-state index is 4.93. The highest BCUT2D eigenvalue weighted by Crippen LogP contribution is 2.29. The summed E-state index contributed by atoms with van der Waals surface area (Å²) < 4.78 is 0. The first-order chi connectivity index (χ1) is 22.5. The van der Waals surface area contributed by atoms with E-state index < -0.39 is 0 Å². The summed E-state index contributed by atoms with van der Waals surface area (Å²) in [6.07, 6.45) is 1.98. The van der Waals surface area contributed by atoms with E-state index in [1.165, 1.54) is 24.2 Å². The van der Waals surface area contributed by atoms with E-state index in [4.69, 9.17) is 4.99 Å². The molecular weight excluding hydrogens is 576 g/mol. The van der Waals surface area contributed by atoms with Gasteiger partial charge >= 0.3 is 0 Å². The molecule has 0 aliphatic carbocycles. The summed E-state index contributed by atoms with van der Waals surface area (Å²) in [5.74, 6) is 0.823. The lowest BCUT2D eigenvalue weighted by Gasteiger charge is -2.21. The molecule has 0 spiro atoms. The van der Waals surface area contributed by atoms with Gasteiger partial charge in [-0.1, -0.05) is 95.3 Å². The van der Waals surface area contributed by atoms with Crippen molar-refractivity contribution in [2.24, 2.45) is 4.99 Å². The van der Waals surface area contributed by atoms with Crippen LogP contribution in [0, 0.1) is 13.8 Å². The second-order valence-electron chi connectivity index (χ2n) is 12.2. The number of rotatable bonds is 8. The van der Waals surface area contributed by atoms with E-state index in [0.29, 0.717) is 0 Å². The standard InChI is InChI=1S/C32H40N4.C5H12N2.C2H6.C2H4/c1-9-33-21-31(36-25(5)35-28-19-13-22(2)14-20-28)29-11-10-12-30(23(29)3)34-24(4)26-15-17-27(18-16-26)32(6,7)8;1-7-4-2-6-3-5-7;2*1-2/h10-21,33-34H,4,9H2,1-3,5-8H3,(H,35,36);6H,2-5H2,1H3;1-2H3;1-2H2/b31-21-;;;. The van der Waals surface area contributed by atoms with E-state index in [9.17, 15) is 0 Å². The SMILES string of the molecule is C=C.C=C(Nc1cccc(/C(=C/NCC)N=C(C)Nc2ccc(C)cc2)c1C)c1ccc(C(C)(C)C)cc1.CC.CN1CCNCC1. The van der Waals surface area contributed by atoms with Gasteiger partial charge in [-0.3, -0.25) is 0 Å². The van der Waals surface area contributed by atoms with Gasteiger partial charge in [0.2, 0.25) is 0 Å². The fraction of sp³-hybridized carbons (Fsp3) is 0.390. The maximum Gasteiger partial charge on any atom is 0.104 e. The predicted octanol–water partition coefficient (Wildman–Crippen LogP) is 9.47. The molecule has 1 heterocycles. The van der Waals surface area contributed by atoms with Gasteiger partial charge in [-0.15, -0.1) is 13.2 Å². The number of nitrogens with one attached hydrogen (secondary N) is 4. The molecule has 1 saturated heterocycles. The van der Waals surface area contributed by atoms with E-state index in [1.807, 2.05) is 27.0 Å². The molecule has 6 heteroatoms. The molecule has 1 aliphatic rings. The third-order valence-electron chi connectivity index (χ3n) is 7.44. The average molecular weight is 639 g/mol. The van der Waals surface area contributed by atoms with Crippen LogP contribution >= 0.6 is 0 Å². The van der Waals surface area contributed by atoms with Crippen LogP contribution in [0.2, 0.25) is 0 Å². The highest BCUT2D eigenvalue weighted by Gasteiger charge is 2.14. The number of aliphatic imine (C=N–C) groups is 1. The molecule has 0 atom stereocenters. The van der Waals surface area contributed by atoms with Crippen LogP contribution < -0.4 is 21.3 Å². The molecule has 0 amide bonds. The van der Waals surface area contributed by atoms with Crippen molar-refractivity contribution in [1.82, 2.24) is 15.5 Å². The molecule has 1 fully saturated rings.